The maximum Gasteiger partial charge on any atom is 0.0217 e. The van der Waals surface area contributed by atoms with Crippen LogP contribution in [0.25, 0.3) is 0 Å². The van der Waals surface area contributed by atoms with E-state index in [1.54, 1.807) is 0 Å². The second-order valence-electron chi connectivity index (χ2n) is 8.28. The Hall–Kier alpha value is -1.68. The first-order valence-corrected chi connectivity index (χ1v) is 11.6. The van der Waals surface area contributed by atoms with Crippen LogP contribution >= 0.6 is 0 Å². The van der Waals surface area contributed by atoms with E-state index in [0.29, 0.717) is 12.0 Å². The zero-order valence-electron chi connectivity index (χ0n) is 18.4. The zero-order chi connectivity index (χ0) is 20.3. The van der Waals surface area contributed by atoms with E-state index in [2.05, 4.69) is 89.6 Å². The normalized spacial score (nSPS) is 16.0. The molecule has 3 rings (SSSR count). The highest BCUT2D eigenvalue weighted by Gasteiger charge is 2.23. The van der Waals surface area contributed by atoms with E-state index < -0.39 is 0 Å². The Morgan fingerprint density at radius 3 is 1.97 bits per heavy atom. The molecule has 2 aromatic rings. The molecule has 0 aliphatic carbocycles. The molecule has 29 heavy (non-hydrogen) atoms. The molecule has 3 nitrogen and oxygen atoms in total. The summed E-state index contributed by atoms with van der Waals surface area (Å²) in [5.74, 6) is 0.455. The van der Waals surface area contributed by atoms with Gasteiger partial charge in [0.2, 0.25) is 0 Å². The van der Waals surface area contributed by atoms with Gasteiger partial charge in [-0.15, -0.1) is 0 Å². The van der Waals surface area contributed by atoms with Crippen LogP contribution in [-0.2, 0) is 0 Å². The lowest BCUT2D eigenvalue weighted by Gasteiger charge is -2.35. The monoisotopic (exact) mass is 393 g/mol. The first kappa shape index (κ1) is 22.0. The second kappa shape index (κ2) is 12.1. The lowest BCUT2D eigenvalue weighted by Crippen LogP contribution is -2.44. The molecule has 0 radical (unpaired) electrons. The summed E-state index contributed by atoms with van der Waals surface area (Å²) in [6, 6.07) is 22.7. The van der Waals surface area contributed by atoms with Crippen LogP contribution in [-0.4, -0.2) is 61.7 Å². The van der Waals surface area contributed by atoms with Gasteiger partial charge in [-0.25, -0.2) is 0 Å². The zero-order valence-corrected chi connectivity index (χ0v) is 18.4. The van der Waals surface area contributed by atoms with Gasteiger partial charge in [0, 0.05) is 18.5 Å². The molecule has 0 atom stereocenters. The predicted molar refractivity (Wildman–Crippen MR) is 125 cm³/mol. The van der Waals surface area contributed by atoms with Crippen molar-refractivity contribution in [3.8, 4) is 0 Å². The van der Waals surface area contributed by atoms with Crippen molar-refractivity contribution in [2.45, 2.75) is 45.1 Å². The Balaban J connectivity index is 1.47. The SMILES string of the molecule is CCN(CC)CCCNC1CCN(CC(c2ccccc2)c2ccccc2)CC1. The highest BCUT2D eigenvalue weighted by molar-refractivity contribution is 5.32. The van der Waals surface area contributed by atoms with E-state index in [1.165, 1.54) is 63.1 Å². The molecule has 0 unspecified atom stereocenters. The van der Waals surface area contributed by atoms with Crippen LogP contribution in [0.3, 0.4) is 0 Å². The largest absolute Gasteiger partial charge is 0.314 e. The first-order valence-electron chi connectivity index (χ1n) is 11.6. The van der Waals surface area contributed by atoms with E-state index in [4.69, 9.17) is 0 Å². The van der Waals surface area contributed by atoms with Crippen molar-refractivity contribution < 1.29 is 0 Å². The Kier molecular flexibility index (Phi) is 9.20. The van der Waals surface area contributed by atoms with Crippen LogP contribution in [0.5, 0.6) is 0 Å². The fourth-order valence-corrected chi connectivity index (χ4v) is 4.50. The van der Waals surface area contributed by atoms with E-state index in [0.717, 1.165) is 13.1 Å². The third-order valence-corrected chi connectivity index (χ3v) is 6.41. The third kappa shape index (κ3) is 6.95. The number of hydrogen-bond donors (Lipinski definition) is 1. The summed E-state index contributed by atoms with van der Waals surface area (Å²) in [5.41, 5.74) is 2.85. The molecule has 1 aliphatic heterocycles. The lowest BCUT2D eigenvalue weighted by molar-refractivity contribution is 0.191. The number of nitrogens with one attached hydrogen (secondary N) is 1. The Morgan fingerprint density at radius 2 is 1.45 bits per heavy atom. The fraction of sp³-hybridized carbons (Fsp3) is 0.538. The van der Waals surface area contributed by atoms with Crippen molar-refractivity contribution in [2.24, 2.45) is 0 Å². The summed E-state index contributed by atoms with van der Waals surface area (Å²) in [5, 5.41) is 3.81. The molecule has 1 fully saturated rings. The maximum absolute atomic E-state index is 3.81. The van der Waals surface area contributed by atoms with Gasteiger partial charge >= 0.3 is 0 Å². The van der Waals surface area contributed by atoms with E-state index in [-0.39, 0.29) is 0 Å². The first-order chi connectivity index (χ1) is 14.3. The van der Waals surface area contributed by atoms with Gasteiger partial charge in [0.15, 0.2) is 0 Å². The van der Waals surface area contributed by atoms with Crippen LogP contribution in [0.1, 0.15) is 50.2 Å². The molecule has 2 aromatic carbocycles. The van der Waals surface area contributed by atoms with Crippen LogP contribution in [0.15, 0.2) is 60.7 Å². The van der Waals surface area contributed by atoms with E-state index in [1.807, 2.05) is 0 Å². The minimum Gasteiger partial charge on any atom is -0.314 e. The highest BCUT2D eigenvalue weighted by Crippen LogP contribution is 2.26. The number of piperidine rings is 1. The van der Waals surface area contributed by atoms with Gasteiger partial charge in [0.1, 0.15) is 0 Å². The van der Waals surface area contributed by atoms with Crippen LogP contribution in [0.4, 0.5) is 0 Å². The van der Waals surface area contributed by atoms with E-state index in [9.17, 15) is 0 Å². The maximum atomic E-state index is 3.81. The number of rotatable bonds is 11. The van der Waals surface area contributed by atoms with Crippen molar-refractivity contribution in [2.75, 3.05) is 45.8 Å². The topological polar surface area (TPSA) is 18.5 Å². The molecule has 1 saturated heterocycles. The molecule has 158 valence electrons. The van der Waals surface area contributed by atoms with Gasteiger partial charge in [-0.1, -0.05) is 74.5 Å². The molecule has 0 saturated carbocycles. The van der Waals surface area contributed by atoms with Gasteiger partial charge in [0.25, 0.3) is 0 Å². The summed E-state index contributed by atoms with van der Waals surface area (Å²) < 4.78 is 0. The molecule has 1 N–H and O–H groups in total. The number of benzene rings is 2. The molecule has 0 aromatic heterocycles. The van der Waals surface area contributed by atoms with Gasteiger partial charge in [-0.2, -0.15) is 0 Å². The lowest BCUT2D eigenvalue weighted by atomic mass is 9.90. The number of likely N-dealkylation sites (tertiary alicyclic amines) is 1. The average molecular weight is 394 g/mol. The third-order valence-electron chi connectivity index (χ3n) is 6.41. The number of nitrogens with zero attached hydrogens (tertiary/aromatic N) is 2. The van der Waals surface area contributed by atoms with Gasteiger partial charge in [-0.05, 0) is 69.7 Å². The quantitative estimate of drug-likeness (QED) is 0.563. The van der Waals surface area contributed by atoms with Crippen molar-refractivity contribution in [3.63, 3.8) is 0 Å². The molecular formula is C26H39N3. The van der Waals surface area contributed by atoms with Crippen molar-refractivity contribution in [1.82, 2.24) is 15.1 Å². The fourth-order valence-electron chi connectivity index (χ4n) is 4.50. The minimum absolute atomic E-state index is 0.455. The molecule has 1 aliphatic rings. The van der Waals surface area contributed by atoms with Crippen molar-refractivity contribution >= 4 is 0 Å². The Morgan fingerprint density at radius 1 is 0.897 bits per heavy atom. The molecule has 1 heterocycles. The molecular weight excluding hydrogens is 354 g/mol. The van der Waals surface area contributed by atoms with Gasteiger partial charge in [-0.3, -0.25) is 0 Å². The average Bonchev–Trinajstić information content (AvgIpc) is 2.79. The van der Waals surface area contributed by atoms with Crippen molar-refractivity contribution in [1.29, 1.82) is 0 Å². The summed E-state index contributed by atoms with van der Waals surface area (Å²) in [6.07, 6.45) is 3.79. The Labute approximate surface area is 178 Å². The summed E-state index contributed by atoms with van der Waals surface area (Å²) in [7, 11) is 0. The van der Waals surface area contributed by atoms with E-state index >= 15 is 0 Å². The smallest absolute Gasteiger partial charge is 0.0217 e. The molecule has 0 amide bonds. The van der Waals surface area contributed by atoms with Gasteiger partial charge in [0.05, 0.1) is 0 Å². The van der Waals surface area contributed by atoms with Crippen LogP contribution in [0, 0.1) is 0 Å². The summed E-state index contributed by atoms with van der Waals surface area (Å²) in [4.78, 5) is 5.18. The predicted octanol–water partition coefficient (Wildman–Crippen LogP) is 4.60. The van der Waals surface area contributed by atoms with Crippen molar-refractivity contribution in [3.05, 3.63) is 71.8 Å². The molecule has 0 bridgehead atoms. The number of hydrogen-bond acceptors (Lipinski definition) is 3. The standard InChI is InChI=1S/C26H39N3/c1-3-28(4-2)19-11-18-27-25-16-20-29(21-17-25)22-26(23-12-7-5-8-13-23)24-14-9-6-10-15-24/h5-10,12-15,25-27H,3-4,11,16-22H2,1-2H3. The van der Waals surface area contributed by atoms with Crippen LogP contribution in [0.2, 0.25) is 0 Å². The molecule has 0 spiro atoms. The van der Waals surface area contributed by atoms with Gasteiger partial charge < -0.3 is 15.1 Å². The molecule has 3 heteroatoms. The van der Waals surface area contributed by atoms with Crippen LogP contribution < -0.4 is 5.32 Å². The minimum atomic E-state index is 0.455. The Bertz CT molecular complexity index is 621. The summed E-state index contributed by atoms with van der Waals surface area (Å²) in [6.45, 7) is 12.7. The summed E-state index contributed by atoms with van der Waals surface area (Å²) >= 11 is 0. The highest BCUT2D eigenvalue weighted by atomic mass is 15.1. The second-order valence-corrected chi connectivity index (χ2v) is 8.28.